The zero-order valence-corrected chi connectivity index (χ0v) is 16.9. The van der Waals surface area contributed by atoms with Crippen LogP contribution in [0.3, 0.4) is 0 Å². The molecule has 0 aliphatic heterocycles. The first-order chi connectivity index (χ1) is 14.3. The summed E-state index contributed by atoms with van der Waals surface area (Å²) in [6, 6.07) is 20.7. The predicted molar refractivity (Wildman–Crippen MR) is 111 cm³/mol. The fourth-order valence-corrected chi connectivity index (χ4v) is 2.58. The largest absolute Gasteiger partial charge is 0.478 e. The molecule has 3 rings (SSSR count). The number of benzene rings is 3. The van der Waals surface area contributed by atoms with Crippen LogP contribution in [-0.2, 0) is 9.78 Å². The van der Waals surface area contributed by atoms with E-state index in [4.69, 9.17) is 5.11 Å². The first-order valence-corrected chi connectivity index (χ1v) is 9.14. The Kier molecular flexibility index (Phi) is 7.88. The summed E-state index contributed by atoms with van der Waals surface area (Å²) in [6.07, 6.45) is 0. The number of carbonyl (C=O) groups is 3. The lowest BCUT2D eigenvalue weighted by Crippen LogP contribution is -2.13. The van der Waals surface area contributed by atoms with Gasteiger partial charge in [0.2, 0.25) is 0 Å². The van der Waals surface area contributed by atoms with E-state index >= 15 is 0 Å². The third-order valence-electron chi connectivity index (χ3n) is 4.30. The van der Waals surface area contributed by atoms with Crippen molar-refractivity contribution in [1.29, 1.82) is 0 Å². The third kappa shape index (κ3) is 6.04. The summed E-state index contributed by atoms with van der Waals surface area (Å²) in [7, 11) is 0. The van der Waals surface area contributed by atoms with Gasteiger partial charge in [-0.1, -0.05) is 54.6 Å². The number of aromatic carboxylic acids is 1. The molecule has 0 spiro atoms. The van der Waals surface area contributed by atoms with Crippen molar-refractivity contribution in [1.82, 2.24) is 0 Å². The van der Waals surface area contributed by atoms with Crippen LogP contribution >= 0.6 is 0 Å². The minimum Gasteiger partial charge on any atom is -0.478 e. The van der Waals surface area contributed by atoms with Gasteiger partial charge in [0.15, 0.2) is 0 Å². The summed E-state index contributed by atoms with van der Waals surface area (Å²) >= 11 is 0. The van der Waals surface area contributed by atoms with Gasteiger partial charge in [-0.3, -0.25) is 0 Å². The van der Waals surface area contributed by atoms with Gasteiger partial charge in [-0.15, -0.1) is 0 Å². The van der Waals surface area contributed by atoms with Crippen LogP contribution in [-0.4, -0.2) is 23.0 Å². The highest BCUT2D eigenvalue weighted by Crippen LogP contribution is 2.12. The molecule has 3 aromatic carbocycles. The Morgan fingerprint density at radius 3 is 1.13 bits per heavy atom. The van der Waals surface area contributed by atoms with Gasteiger partial charge in [0, 0.05) is 0 Å². The van der Waals surface area contributed by atoms with E-state index in [-0.39, 0.29) is 0 Å². The molecule has 0 fully saturated rings. The Hall–Kier alpha value is -3.93. The summed E-state index contributed by atoms with van der Waals surface area (Å²) in [6.45, 7) is 5.34. The van der Waals surface area contributed by atoms with E-state index in [9.17, 15) is 14.4 Å². The van der Waals surface area contributed by atoms with Gasteiger partial charge < -0.3 is 5.11 Å². The lowest BCUT2D eigenvalue weighted by atomic mass is 10.1. The van der Waals surface area contributed by atoms with E-state index in [1.807, 2.05) is 18.2 Å². The van der Waals surface area contributed by atoms with Crippen LogP contribution in [0.5, 0.6) is 0 Å². The molecule has 0 heterocycles. The fourth-order valence-electron chi connectivity index (χ4n) is 2.58. The van der Waals surface area contributed by atoms with Gasteiger partial charge in [0.1, 0.15) is 0 Å². The minimum atomic E-state index is -0.863. The molecule has 0 radical (unpaired) electrons. The molecule has 0 aromatic heterocycles. The first-order valence-electron chi connectivity index (χ1n) is 9.14. The molecule has 30 heavy (non-hydrogen) atoms. The molecule has 0 atom stereocenters. The highest BCUT2D eigenvalue weighted by atomic mass is 17.2. The average Bonchev–Trinajstić information content (AvgIpc) is 2.73. The Balaban J connectivity index is 0.000000269. The summed E-state index contributed by atoms with van der Waals surface area (Å²) in [5.74, 6) is -2.24. The quantitative estimate of drug-likeness (QED) is 0.490. The second-order valence-corrected chi connectivity index (χ2v) is 6.49. The molecule has 0 unspecified atom stereocenters. The fraction of sp³-hybridized carbons (Fsp3) is 0.125. The Labute approximate surface area is 174 Å². The van der Waals surface area contributed by atoms with E-state index in [0.29, 0.717) is 16.7 Å². The minimum absolute atomic E-state index is 0.366. The molecule has 6 nitrogen and oxygen atoms in total. The zero-order valence-electron chi connectivity index (χ0n) is 16.9. The number of carbonyl (C=O) groups excluding carboxylic acids is 2. The molecular formula is C24H22O6. The van der Waals surface area contributed by atoms with Gasteiger partial charge in [-0.25, -0.2) is 24.2 Å². The maximum Gasteiger partial charge on any atom is 0.386 e. The Bertz CT molecular complexity index is 997. The van der Waals surface area contributed by atoms with Crippen molar-refractivity contribution < 1.29 is 29.3 Å². The van der Waals surface area contributed by atoms with Crippen molar-refractivity contribution in [2.24, 2.45) is 0 Å². The van der Waals surface area contributed by atoms with Gasteiger partial charge in [0.25, 0.3) is 0 Å². The van der Waals surface area contributed by atoms with Crippen LogP contribution in [0.25, 0.3) is 0 Å². The monoisotopic (exact) mass is 406 g/mol. The van der Waals surface area contributed by atoms with Gasteiger partial charge in [-0.05, 0) is 55.7 Å². The normalized spacial score (nSPS) is 9.70. The van der Waals surface area contributed by atoms with E-state index in [2.05, 4.69) is 9.78 Å². The van der Waals surface area contributed by atoms with Gasteiger partial charge >= 0.3 is 17.9 Å². The zero-order chi connectivity index (χ0) is 22.1. The lowest BCUT2D eigenvalue weighted by Gasteiger charge is -2.06. The lowest BCUT2D eigenvalue weighted by molar-refractivity contribution is -0.187. The van der Waals surface area contributed by atoms with Gasteiger partial charge in [-0.2, -0.15) is 0 Å². The van der Waals surface area contributed by atoms with Crippen molar-refractivity contribution in [2.45, 2.75) is 20.8 Å². The number of carboxylic acids is 1. The molecule has 6 heteroatoms. The van der Waals surface area contributed by atoms with E-state index in [1.165, 1.54) is 0 Å². The van der Waals surface area contributed by atoms with E-state index < -0.39 is 17.9 Å². The molecule has 0 aliphatic rings. The van der Waals surface area contributed by atoms with Crippen LogP contribution in [0.2, 0.25) is 0 Å². The van der Waals surface area contributed by atoms with Crippen LogP contribution in [0.15, 0.2) is 72.8 Å². The third-order valence-corrected chi connectivity index (χ3v) is 4.30. The number of aryl methyl sites for hydroxylation is 3. The van der Waals surface area contributed by atoms with Crippen molar-refractivity contribution >= 4 is 17.9 Å². The topological polar surface area (TPSA) is 89.9 Å². The highest BCUT2D eigenvalue weighted by molar-refractivity contribution is 5.93. The van der Waals surface area contributed by atoms with Crippen LogP contribution in [0, 0.1) is 20.8 Å². The molecule has 0 saturated heterocycles. The molecule has 0 saturated carbocycles. The summed E-state index contributed by atoms with van der Waals surface area (Å²) in [5.41, 5.74) is 3.42. The smallest absolute Gasteiger partial charge is 0.386 e. The van der Waals surface area contributed by atoms with Crippen molar-refractivity contribution in [2.75, 3.05) is 0 Å². The Morgan fingerprint density at radius 1 is 0.567 bits per heavy atom. The maximum atomic E-state index is 11.8. The van der Waals surface area contributed by atoms with E-state index in [0.717, 1.165) is 16.7 Å². The number of carboxylic acid groups (broad SMARTS) is 1. The van der Waals surface area contributed by atoms with E-state index in [1.54, 1.807) is 75.4 Å². The van der Waals surface area contributed by atoms with Gasteiger partial charge in [0.05, 0.1) is 16.7 Å². The van der Waals surface area contributed by atoms with Crippen molar-refractivity contribution in [3.8, 4) is 0 Å². The summed E-state index contributed by atoms with van der Waals surface area (Å²) < 4.78 is 0. The van der Waals surface area contributed by atoms with Crippen molar-refractivity contribution in [3.05, 3.63) is 106 Å². The van der Waals surface area contributed by atoms with Crippen LogP contribution < -0.4 is 0 Å². The predicted octanol–water partition coefficient (Wildman–Crippen LogP) is 4.93. The molecule has 3 aromatic rings. The molecule has 0 aliphatic carbocycles. The molecular weight excluding hydrogens is 384 g/mol. The number of hydrogen-bond acceptors (Lipinski definition) is 5. The molecule has 154 valence electrons. The second-order valence-electron chi connectivity index (χ2n) is 6.49. The number of hydrogen-bond donors (Lipinski definition) is 1. The highest BCUT2D eigenvalue weighted by Gasteiger charge is 2.16. The molecule has 0 bridgehead atoms. The summed E-state index contributed by atoms with van der Waals surface area (Å²) in [5, 5.41) is 8.57. The Morgan fingerprint density at radius 2 is 0.867 bits per heavy atom. The summed E-state index contributed by atoms with van der Waals surface area (Å²) in [4.78, 5) is 43.2. The number of rotatable bonds is 3. The molecule has 1 N–H and O–H groups in total. The maximum absolute atomic E-state index is 11.8. The second kappa shape index (κ2) is 10.6. The molecule has 0 amide bonds. The van der Waals surface area contributed by atoms with Crippen LogP contribution in [0.4, 0.5) is 0 Å². The standard InChI is InChI=1S/C16H14O4.C8H8O2/c1-11-7-3-5-9-13(11)15(17)19-20-16(18)14-10-6-4-8-12(14)2;1-6-4-2-3-5-7(6)8(9)10/h3-10H,1-2H3;2-5H,1H3,(H,9,10). The average molecular weight is 406 g/mol. The first kappa shape index (κ1) is 22.4. The van der Waals surface area contributed by atoms with Crippen molar-refractivity contribution in [3.63, 3.8) is 0 Å². The van der Waals surface area contributed by atoms with Crippen LogP contribution in [0.1, 0.15) is 47.8 Å². The SMILES string of the molecule is Cc1ccccc1C(=O)O.Cc1ccccc1C(=O)OOC(=O)c1ccccc1C.